The van der Waals surface area contributed by atoms with Crippen LogP contribution in [0.3, 0.4) is 0 Å². The number of aliphatic hydroxyl groups is 1. The molecule has 1 aliphatic rings. The number of hydrogen-bond acceptors (Lipinski definition) is 7. The van der Waals surface area contributed by atoms with Gasteiger partial charge in [0.15, 0.2) is 0 Å². The fraction of sp³-hybridized carbons (Fsp3) is 0.444. The number of nitrogens with one attached hydrogen (secondary N) is 1. The Hall–Kier alpha value is -2.54. The third kappa shape index (κ3) is 4.51. The average molecular weight is 344 g/mol. The summed E-state index contributed by atoms with van der Waals surface area (Å²) < 4.78 is 10.8. The van der Waals surface area contributed by atoms with Crippen LogP contribution in [0.15, 0.2) is 36.7 Å². The van der Waals surface area contributed by atoms with Crippen LogP contribution >= 0.6 is 0 Å². The first-order valence-electron chi connectivity index (χ1n) is 8.50. The zero-order valence-corrected chi connectivity index (χ0v) is 14.4. The van der Waals surface area contributed by atoms with E-state index in [0.717, 1.165) is 42.5 Å². The lowest BCUT2D eigenvalue weighted by atomic mass is 10.2. The van der Waals surface area contributed by atoms with Gasteiger partial charge < -0.3 is 24.8 Å². The van der Waals surface area contributed by atoms with Gasteiger partial charge in [0.25, 0.3) is 0 Å². The second-order valence-electron chi connectivity index (χ2n) is 5.88. The predicted octanol–water partition coefficient (Wildman–Crippen LogP) is 1.94. The normalized spacial score (nSPS) is 16.7. The summed E-state index contributed by atoms with van der Waals surface area (Å²) in [5.41, 5.74) is 0. The van der Waals surface area contributed by atoms with Gasteiger partial charge in [0.05, 0.1) is 26.3 Å². The van der Waals surface area contributed by atoms with Gasteiger partial charge in [-0.05, 0) is 37.1 Å². The lowest BCUT2D eigenvalue weighted by Gasteiger charge is -2.24. The second kappa shape index (κ2) is 8.53. The summed E-state index contributed by atoms with van der Waals surface area (Å²) >= 11 is 0. The van der Waals surface area contributed by atoms with Gasteiger partial charge in [-0.15, -0.1) is 0 Å². The van der Waals surface area contributed by atoms with E-state index in [1.165, 1.54) is 0 Å². The molecule has 0 amide bonds. The Bertz CT molecular complexity index is 666. The Kier molecular flexibility index (Phi) is 5.90. The smallest absolute Gasteiger partial charge is 0.134 e. The summed E-state index contributed by atoms with van der Waals surface area (Å²) in [5.74, 6) is 3.22. The van der Waals surface area contributed by atoms with Gasteiger partial charge in [0, 0.05) is 12.6 Å². The molecule has 0 bridgehead atoms. The van der Waals surface area contributed by atoms with Crippen molar-refractivity contribution in [2.75, 3.05) is 43.6 Å². The standard InChI is InChI=1S/C18H24N4O3/c1-24-15-4-6-16(7-5-15)25-10-8-19-17-11-18(21-13-20-17)22-9-2-3-14(22)12-23/h4-7,11,13-14,23H,2-3,8-10,12H2,1H3,(H,19,20,21)/t14-/m1/s1. The Labute approximate surface area is 147 Å². The Morgan fingerprint density at radius 1 is 1.24 bits per heavy atom. The van der Waals surface area contributed by atoms with Crippen molar-refractivity contribution in [2.24, 2.45) is 0 Å². The molecule has 1 aromatic heterocycles. The van der Waals surface area contributed by atoms with E-state index in [9.17, 15) is 5.11 Å². The number of nitrogens with zero attached hydrogens (tertiary/aromatic N) is 3. The number of benzene rings is 1. The van der Waals surface area contributed by atoms with Crippen molar-refractivity contribution in [3.05, 3.63) is 36.7 Å². The van der Waals surface area contributed by atoms with Crippen LogP contribution in [0.4, 0.5) is 11.6 Å². The van der Waals surface area contributed by atoms with Gasteiger partial charge in [-0.1, -0.05) is 0 Å². The summed E-state index contributed by atoms with van der Waals surface area (Å²) in [7, 11) is 1.64. The van der Waals surface area contributed by atoms with Crippen molar-refractivity contribution >= 4 is 11.6 Å². The van der Waals surface area contributed by atoms with E-state index in [-0.39, 0.29) is 12.6 Å². The zero-order valence-electron chi connectivity index (χ0n) is 14.4. The van der Waals surface area contributed by atoms with Crippen LogP contribution in [-0.4, -0.2) is 54.5 Å². The highest BCUT2D eigenvalue weighted by Gasteiger charge is 2.25. The maximum absolute atomic E-state index is 9.46. The number of aliphatic hydroxyl groups excluding tert-OH is 1. The SMILES string of the molecule is COc1ccc(OCCNc2cc(N3CCC[C@@H]3CO)ncn2)cc1. The molecule has 1 saturated heterocycles. The molecular weight excluding hydrogens is 320 g/mol. The van der Waals surface area contributed by atoms with E-state index in [4.69, 9.17) is 9.47 Å². The quantitative estimate of drug-likeness (QED) is 0.708. The molecule has 2 heterocycles. The van der Waals surface area contributed by atoms with Gasteiger partial charge in [-0.2, -0.15) is 0 Å². The van der Waals surface area contributed by atoms with Crippen molar-refractivity contribution in [3.63, 3.8) is 0 Å². The predicted molar refractivity (Wildman–Crippen MR) is 96.5 cm³/mol. The molecule has 7 nitrogen and oxygen atoms in total. The van der Waals surface area contributed by atoms with E-state index in [1.54, 1.807) is 13.4 Å². The minimum Gasteiger partial charge on any atom is -0.497 e. The molecular formula is C18H24N4O3. The summed E-state index contributed by atoms with van der Waals surface area (Å²) in [4.78, 5) is 10.7. The van der Waals surface area contributed by atoms with Crippen molar-refractivity contribution < 1.29 is 14.6 Å². The molecule has 1 aliphatic heterocycles. The molecule has 0 unspecified atom stereocenters. The minimum atomic E-state index is 0.154. The second-order valence-corrected chi connectivity index (χ2v) is 5.88. The zero-order chi connectivity index (χ0) is 17.5. The highest BCUT2D eigenvalue weighted by molar-refractivity contribution is 5.49. The summed E-state index contributed by atoms with van der Waals surface area (Å²) in [6, 6.07) is 9.57. The number of ether oxygens (including phenoxy) is 2. The van der Waals surface area contributed by atoms with Crippen LogP contribution in [0.1, 0.15) is 12.8 Å². The number of rotatable bonds is 8. The molecule has 25 heavy (non-hydrogen) atoms. The van der Waals surface area contributed by atoms with Crippen molar-refractivity contribution in [2.45, 2.75) is 18.9 Å². The number of aromatic nitrogens is 2. The Morgan fingerprint density at radius 3 is 2.80 bits per heavy atom. The van der Waals surface area contributed by atoms with Crippen LogP contribution in [0, 0.1) is 0 Å². The van der Waals surface area contributed by atoms with Crippen LogP contribution in [-0.2, 0) is 0 Å². The number of anilines is 2. The average Bonchev–Trinajstić information content (AvgIpc) is 3.15. The molecule has 1 fully saturated rings. The molecule has 1 atom stereocenters. The molecule has 0 saturated carbocycles. The molecule has 7 heteroatoms. The van der Waals surface area contributed by atoms with Crippen LogP contribution in [0.5, 0.6) is 11.5 Å². The minimum absolute atomic E-state index is 0.154. The molecule has 3 rings (SSSR count). The summed E-state index contributed by atoms with van der Waals surface area (Å²) in [6.45, 7) is 2.23. The molecule has 2 aromatic rings. The fourth-order valence-corrected chi connectivity index (χ4v) is 2.95. The third-order valence-electron chi connectivity index (χ3n) is 4.27. The third-order valence-corrected chi connectivity index (χ3v) is 4.27. The van der Waals surface area contributed by atoms with Gasteiger partial charge in [-0.3, -0.25) is 0 Å². The van der Waals surface area contributed by atoms with Crippen LogP contribution in [0.2, 0.25) is 0 Å². The van der Waals surface area contributed by atoms with Gasteiger partial charge in [-0.25, -0.2) is 9.97 Å². The van der Waals surface area contributed by atoms with Gasteiger partial charge >= 0.3 is 0 Å². The molecule has 2 N–H and O–H groups in total. The van der Waals surface area contributed by atoms with E-state index in [1.807, 2.05) is 30.3 Å². The highest BCUT2D eigenvalue weighted by Crippen LogP contribution is 2.24. The molecule has 0 aliphatic carbocycles. The topological polar surface area (TPSA) is 79.7 Å². The Balaban J connectivity index is 1.49. The first kappa shape index (κ1) is 17.3. The summed E-state index contributed by atoms with van der Waals surface area (Å²) in [6.07, 6.45) is 3.63. The largest absolute Gasteiger partial charge is 0.497 e. The molecule has 1 aromatic carbocycles. The fourth-order valence-electron chi connectivity index (χ4n) is 2.95. The van der Waals surface area contributed by atoms with Crippen LogP contribution < -0.4 is 19.7 Å². The maximum Gasteiger partial charge on any atom is 0.134 e. The van der Waals surface area contributed by atoms with E-state index < -0.39 is 0 Å². The van der Waals surface area contributed by atoms with E-state index in [0.29, 0.717) is 13.2 Å². The van der Waals surface area contributed by atoms with Crippen molar-refractivity contribution in [3.8, 4) is 11.5 Å². The first-order chi connectivity index (χ1) is 12.3. The Morgan fingerprint density at radius 2 is 2.04 bits per heavy atom. The lowest BCUT2D eigenvalue weighted by molar-refractivity contribution is 0.266. The molecule has 0 radical (unpaired) electrons. The van der Waals surface area contributed by atoms with Crippen molar-refractivity contribution in [1.29, 1.82) is 0 Å². The monoisotopic (exact) mass is 344 g/mol. The van der Waals surface area contributed by atoms with E-state index in [2.05, 4.69) is 20.2 Å². The molecule has 134 valence electrons. The number of methoxy groups -OCH3 is 1. The summed E-state index contributed by atoms with van der Waals surface area (Å²) in [5, 5.41) is 12.7. The first-order valence-corrected chi connectivity index (χ1v) is 8.50. The maximum atomic E-state index is 9.46. The van der Waals surface area contributed by atoms with Crippen molar-refractivity contribution in [1.82, 2.24) is 9.97 Å². The van der Waals surface area contributed by atoms with Gasteiger partial charge in [0.2, 0.25) is 0 Å². The number of hydrogen-bond donors (Lipinski definition) is 2. The van der Waals surface area contributed by atoms with Gasteiger partial charge in [0.1, 0.15) is 36.1 Å². The highest BCUT2D eigenvalue weighted by atomic mass is 16.5. The van der Waals surface area contributed by atoms with E-state index >= 15 is 0 Å². The van der Waals surface area contributed by atoms with Crippen LogP contribution in [0.25, 0.3) is 0 Å². The molecule has 0 spiro atoms. The lowest BCUT2D eigenvalue weighted by Crippen LogP contribution is -2.32.